The number of ether oxygens (including phenoxy) is 2. The van der Waals surface area contributed by atoms with Crippen LogP contribution in [0.5, 0.6) is 11.5 Å². The molecule has 1 aromatic rings. The SMILES string of the molecule is CCCCNC(=O)Nc1ccc2c(c1)OCCCO2. The number of amides is 2. The van der Waals surface area contributed by atoms with Gasteiger partial charge in [-0.25, -0.2) is 4.79 Å². The van der Waals surface area contributed by atoms with E-state index in [0.717, 1.165) is 25.0 Å². The molecule has 0 saturated carbocycles. The lowest BCUT2D eigenvalue weighted by atomic mass is 10.3. The van der Waals surface area contributed by atoms with Gasteiger partial charge in [-0.15, -0.1) is 0 Å². The van der Waals surface area contributed by atoms with Crippen molar-refractivity contribution >= 4 is 11.7 Å². The number of benzene rings is 1. The Kier molecular flexibility index (Phi) is 4.89. The molecular weight excluding hydrogens is 244 g/mol. The molecule has 104 valence electrons. The van der Waals surface area contributed by atoms with E-state index in [1.54, 1.807) is 6.07 Å². The van der Waals surface area contributed by atoms with Crippen LogP contribution in [0.25, 0.3) is 0 Å². The fourth-order valence-corrected chi connectivity index (χ4v) is 1.80. The van der Waals surface area contributed by atoms with Crippen molar-refractivity contribution in [2.24, 2.45) is 0 Å². The van der Waals surface area contributed by atoms with Crippen molar-refractivity contribution in [3.8, 4) is 11.5 Å². The molecule has 0 spiro atoms. The predicted octanol–water partition coefficient (Wildman–Crippen LogP) is 2.77. The largest absolute Gasteiger partial charge is 0.490 e. The van der Waals surface area contributed by atoms with Gasteiger partial charge in [0.15, 0.2) is 11.5 Å². The molecule has 2 amide bonds. The Morgan fingerprint density at radius 3 is 2.84 bits per heavy atom. The van der Waals surface area contributed by atoms with Crippen molar-refractivity contribution in [3.63, 3.8) is 0 Å². The van der Waals surface area contributed by atoms with Crippen LogP contribution < -0.4 is 20.1 Å². The molecule has 0 bridgehead atoms. The van der Waals surface area contributed by atoms with E-state index >= 15 is 0 Å². The zero-order valence-corrected chi connectivity index (χ0v) is 11.2. The minimum atomic E-state index is -0.192. The van der Waals surface area contributed by atoms with Crippen LogP contribution in [0.3, 0.4) is 0 Å². The van der Waals surface area contributed by atoms with Crippen LogP contribution >= 0.6 is 0 Å². The van der Waals surface area contributed by atoms with Crippen LogP contribution in [0.15, 0.2) is 18.2 Å². The van der Waals surface area contributed by atoms with Crippen LogP contribution in [0.4, 0.5) is 10.5 Å². The lowest BCUT2D eigenvalue weighted by Gasteiger charge is -2.11. The van der Waals surface area contributed by atoms with Gasteiger partial charge in [0.25, 0.3) is 0 Å². The summed E-state index contributed by atoms with van der Waals surface area (Å²) in [6, 6.07) is 5.23. The summed E-state index contributed by atoms with van der Waals surface area (Å²) in [6.45, 7) is 4.08. The highest BCUT2D eigenvalue weighted by Crippen LogP contribution is 2.32. The van der Waals surface area contributed by atoms with Crippen molar-refractivity contribution < 1.29 is 14.3 Å². The number of unbranched alkanes of at least 4 members (excludes halogenated alkanes) is 1. The Balaban J connectivity index is 1.94. The molecule has 2 N–H and O–H groups in total. The minimum Gasteiger partial charge on any atom is -0.490 e. The van der Waals surface area contributed by atoms with Gasteiger partial charge < -0.3 is 20.1 Å². The standard InChI is InChI=1S/C14H20N2O3/c1-2-3-7-15-14(17)16-11-5-6-12-13(10-11)19-9-4-8-18-12/h5-6,10H,2-4,7-9H2,1H3,(H2,15,16,17). The van der Waals surface area contributed by atoms with E-state index < -0.39 is 0 Å². The summed E-state index contributed by atoms with van der Waals surface area (Å²) in [7, 11) is 0. The Morgan fingerprint density at radius 2 is 2.05 bits per heavy atom. The molecule has 5 heteroatoms. The van der Waals surface area contributed by atoms with E-state index in [0.29, 0.717) is 31.2 Å². The lowest BCUT2D eigenvalue weighted by molar-refractivity contribution is 0.252. The second kappa shape index (κ2) is 6.87. The smallest absolute Gasteiger partial charge is 0.319 e. The highest BCUT2D eigenvalue weighted by molar-refractivity contribution is 5.89. The molecular formula is C14H20N2O3. The molecule has 2 rings (SSSR count). The first-order chi connectivity index (χ1) is 9.29. The summed E-state index contributed by atoms with van der Waals surface area (Å²) in [4.78, 5) is 11.6. The van der Waals surface area contributed by atoms with Gasteiger partial charge in [-0.05, 0) is 18.6 Å². The number of hydrogen-bond donors (Lipinski definition) is 2. The van der Waals surface area contributed by atoms with Gasteiger partial charge >= 0.3 is 6.03 Å². The third-order valence-electron chi connectivity index (χ3n) is 2.82. The quantitative estimate of drug-likeness (QED) is 0.822. The molecule has 1 aromatic carbocycles. The first-order valence-corrected chi connectivity index (χ1v) is 6.74. The average Bonchev–Trinajstić information content (AvgIpc) is 2.63. The number of anilines is 1. The van der Waals surface area contributed by atoms with Gasteiger partial charge in [0.1, 0.15) is 0 Å². The molecule has 0 unspecified atom stereocenters. The molecule has 0 radical (unpaired) electrons. The first kappa shape index (κ1) is 13.5. The van der Waals surface area contributed by atoms with Gasteiger partial charge in [0.05, 0.1) is 13.2 Å². The maximum absolute atomic E-state index is 11.6. The zero-order chi connectivity index (χ0) is 13.5. The molecule has 0 aromatic heterocycles. The molecule has 5 nitrogen and oxygen atoms in total. The van der Waals surface area contributed by atoms with Crippen LogP contribution in [-0.2, 0) is 0 Å². The maximum atomic E-state index is 11.6. The summed E-state index contributed by atoms with van der Waals surface area (Å²) in [5.41, 5.74) is 0.707. The molecule has 1 heterocycles. The van der Waals surface area contributed by atoms with Crippen molar-refractivity contribution in [2.45, 2.75) is 26.2 Å². The van der Waals surface area contributed by atoms with Gasteiger partial charge in [-0.2, -0.15) is 0 Å². The van der Waals surface area contributed by atoms with Gasteiger partial charge in [0, 0.05) is 24.7 Å². The second-order valence-corrected chi connectivity index (χ2v) is 4.45. The number of rotatable bonds is 4. The van der Waals surface area contributed by atoms with Crippen molar-refractivity contribution in [1.82, 2.24) is 5.32 Å². The number of urea groups is 1. The highest BCUT2D eigenvalue weighted by Gasteiger charge is 2.11. The third kappa shape index (κ3) is 4.05. The number of hydrogen-bond acceptors (Lipinski definition) is 3. The molecule has 0 fully saturated rings. The van der Waals surface area contributed by atoms with Crippen molar-refractivity contribution in [1.29, 1.82) is 0 Å². The Bertz CT molecular complexity index is 435. The van der Waals surface area contributed by atoms with E-state index in [-0.39, 0.29) is 6.03 Å². The van der Waals surface area contributed by atoms with Crippen LogP contribution in [-0.4, -0.2) is 25.8 Å². The van der Waals surface area contributed by atoms with E-state index in [4.69, 9.17) is 9.47 Å². The topological polar surface area (TPSA) is 59.6 Å². The van der Waals surface area contributed by atoms with Crippen molar-refractivity contribution in [3.05, 3.63) is 18.2 Å². The summed E-state index contributed by atoms with van der Waals surface area (Å²) in [5, 5.41) is 5.59. The third-order valence-corrected chi connectivity index (χ3v) is 2.82. The predicted molar refractivity (Wildman–Crippen MR) is 74.0 cm³/mol. The van der Waals surface area contributed by atoms with E-state index in [9.17, 15) is 4.79 Å². The second-order valence-electron chi connectivity index (χ2n) is 4.45. The Hall–Kier alpha value is -1.91. The molecule has 0 saturated heterocycles. The number of nitrogens with one attached hydrogen (secondary N) is 2. The van der Waals surface area contributed by atoms with Crippen LogP contribution in [0.1, 0.15) is 26.2 Å². The Labute approximate surface area is 113 Å². The summed E-state index contributed by atoms with van der Waals surface area (Å²) in [5.74, 6) is 1.42. The van der Waals surface area contributed by atoms with Crippen LogP contribution in [0, 0.1) is 0 Å². The minimum absolute atomic E-state index is 0.192. The number of fused-ring (bicyclic) bond motifs is 1. The highest BCUT2D eigenvalue weighted by atomic mass is 16.5. The fourth-order valence-electron chi connectivity index (χ4n) is 1.80. The number of carbonyl (C=O) groups excluding carboxylic acids is 1. The maximum Gasteiger partial charge on any atom is 0.319 e. The van der Waals surface area contributed by atoms with Gasteiger partial charge in [-0.3, -0.25) is 0 Å². The van der Waals surface area contributed by atoms with Crippen LogP contribution in [0.2, 0.25) is 0 Å². The average molecular weight is 264 g/mol. The van der Waals surface area contributed by atoms with Gasteiger partial charge in [0.2, 0.25) is 0 Å². The summed E-state index contributed by atoms with van der Waals surface area (Å²) in [6.07, 6.45) is 2.91. The van der Waals surface area contributed by atoms with E-state index in [2.05, 4.69) is 17.6 Å². The molecule has 0 aliphatic carbocycles. The molecule has 19 heavy (non-hydrogen) atoms. The molecule has 1 aliphatic heterocycles. The zero-order valence-electron chi connectivity index (χ0n) is 11.2. The van der Waals surface area contributed by atoms with Crippen molar-refractivity contribution in [2.75, 3.05) is 25.1 Å². The summed E-state index contributed by atoms with van der Waals surface area (Å²) < 4.78 is 11.1. The lowest BCUT2D eigenvalue weighted by Crippen LogP contribution is -2.29. The Morgan fingerprint density at radius 1 is 1.26 bits per heavy atom. The first-order valence-electron chi connectivity index (χ1n) is 6.74. The van der Waals surface area contributed by atoms with Gasteiger partial charge in [-0.1, -0.05) is 13.3 Å². The van der Waals surface area contributed by atoms with E-state index in [1.165, 1.54) is 0 Å². The molecule has 0 atom stereocenters. The monoisotopic (exact) mass is 264 g/mol. The van der Waals surface area contributed by atoms with E-state index in [1.807, 2.05) is 12.1 Å². The molecule has 1 aliphatic rings. The normalized spacial score (nSPS) is 13.5. The number of carbonyl (C=O) groups is 1. The fraction of sp³-hybridized carbons (Fsp3) is 0.500. The summed E-state index contributed by atoms with van der Waals surface area (Å²) >= 11 is 0.